The Kier molecular flexibility index (Phi) is 2.27. The topological polar surface area (TPSA) is 49.2 Å². The van der Waals surface area contributed by atoms with Gasteiger partial charge in [-0.15, -0.1) is 0 Å². The predicted molar refractivity (Wildman–Crippen MR) is 75.3 cm³/mol. The van der Waals surface area contributed by atoms with Gasteiger partial charge in [0, 0.05) is 18.7 Å². The molecule has 1 amide bonds. The van der Waals surface area contributed by atoms with Crippen molar-refractivity contribution in [3.63, 3.8) is 0 Å². The van der Waals surface area contributed by atoms with Gasteiger partial charge >= 0.3 is 0 Å². The monoisotopic (exact) mass is 266 g/mol. The van der Waals surface area contributed by atoms with E-state index in [1.165, 1.54) is 11.1 Å². The summed E-state index contributed by atoms with van der Waals surface area (Å²) in [7, 11) is 0. The van der Waals surface area contributed by atoms with Crippen molar-refractivity contribution in [2.75, 3.05) is 0 Å². The van der Waals surface area contributed by atoms with Crippen molar-refractivity contribution in [2.24, 2.45) is 0 Å². The fourth-order valence-electron chi connectivity index (χ4n) is 2.94. The fourth-order valence-corrected chi connectivity index (χ4v) is 2.94. The number of amides is 1. The van der Waals surface area contributed by atoms with Gasteiger partial charge in [-0.2, -0.15) is 0 Å². The Labute approximate surface area is 116 Å². The molecule has 4 rings (SSSR count). The van der Waals surface area contributed by atoms with Gasteiger partial charge in [0.1, 0.15) is 5.69 Å². The summed E-state index contributed by atoms with van der Waals surface area (Å²) in [4.78, 5) is 17.6. The Morgan fingerprint density at radius 1 is 1.35 bits per heavy atom. The second-order valence-corrected chi connectivity index (χ2v) is 5.19. The number of carbonyl (C=O) groups excluding carboxylic acids is 1. The fraction of sp³-hybridized carbons (Fsp3) is 0.188. The summed E-state index contributed by atoms with van der Waals surface area (Å²) in [5.41, 5.74) is 4.62. The molecule has 0 aliphatic carbocycles. The number of fused-ring (bicyclic) bond motifs is 2. The van der Waals surface area contributed by atoms with Crippen molar-refractivity contribution in [1.29, 1.82) is 0 Å². The average Bonchev–Trinajstić information content (AvgIpc) is 3.11. The number of benzene rings is 1. The lowest BCUT2D eigenvalue weighted by molar-refractivity contribution is 0.0700. The molecule has 3 aromatic rings. The lowest BCUT2D eigenvalue weighted by Crippen LogP contribution is -2.28. The van der Waals surface area contributed by atoms with Crippen LogP contribution in [0.2, 0.25) is 0 Å². The van der Waals surface area contributed by atoms with E-state index in [1.807, 2.05) is 23.1 Å². The van der Waals surface area contributed by atoms with Gasteiger partial charge < -0.3 is 14.3 Å². The molecule has 0 saturated heterocycles. The van der Waals surface area contributed by atoms with Gasteiger partial charge in [0.05, 0.1) is 17.8 Å². The van der Waals surface area contributed by atoms with Crippen LogP contribution in [0.1, 0.15) is 34.6 Å². The minimum absolute atomic E-state index is 0.0140. The summed E-state index contributed by atoms with van der Waals surface area (Å²) < 4.78 is 5.30. The molecule has 3 heterocycles. The number of H-pyrrole nitrogens is 1. The van der Waals surface area contributed by atoms with E-state index < -0.39 is 0 Å². The number of nitrogens with zero attached hydrogens (tertiary/aromatic N) is 1. The van der Waals surface area contributed by atoms with Crippen molar-refractivity contribution in [1.82, 2.24) is 9.88 Å². The number of aromatic amines is 1. The van der Waals surface area contributed by atoms with Crippen LogP contribution in [0, 0.1) is 0 Å². The van der Waals surface area contributed by atoms with Gasteiger partial charge in [-0.1, -0.05) is 24.3 Å². The first kappa shape index (κ1) is 11.3. The Balaban J connectivity index is 1.69. The minimum Gasteiger partial charge on any atom is -0.463 e. The third kappa shape index (κ3) is 1.51. The first-order valence-corrected chi connectivity index (χ1v) is 6.69. The molecule has 1 aliphatic heterocycles. The molecule has 1 aromatic carbocycles. The molecule has 1 N–H and O–H groups in total. The normalized spacial score (nSPS) is 17.6. The van der Waals surface area contributed by atoms with Crippen molar-refractivity contribution in [2.45, 2.75) is 19.5 Å². The number of nitrogens with one attached hydrogen (secondary N) is 1. The van der Waals surface area contributed by atoms with Crippen LogP contribution in [0.25, 0.3) is 11.1 Å². The van der Waals surface area contributed by atoms with E-state index in [0.29, 0.717) is 12.2 Å². The van der Waals surface area contributed by atoms with Crippen LogP contribution in [0.15, 0.2) is 47.1 Å². The van der Waals surface area contributed by atoms with Crippen molar-refractivity contribution >= 4 is 17.0 Å². The van der Waals surface area contributed by atoms with Gasteiger partial charge in [0.25, 0.3) is 5.91 Å². The highest BCUT2D eigenvalue weighted by Crippen LogP contribution is 2.34. The summed E-state index contributed by atoms with van der Waals surface area (Å²) in [5, 5.41) is 0. The molecule has 1 aliphatic rings. The zero-order chi connectivity index (χ0) is 13.7. The number of hydrogen-bond acceptors (Lipinski definition) is 2. The maximum Gasteiger partial charge on any atom is 0.271 e. The molecule has 0 bridgehead atoms. The third-order valence-corrected chi connectivity index (χ3v) is 4.04. The highest BCUT2D eigenvalue weighted by molar-refractivity contribution is 5.97. The van der Waals surface area contributed by atoms with Crippen LogP contribution in [-0.4, -0.2) is 15.8 Å². The Hall–Kier alpha value is -2.49. The van der Waals surface area contributed by atoms with Crippen LogP contribution >= 0.6 is 0 Å². The van der Waals surface area contributed by atoms with E-state index in [4.69, 9.17) is 4.42 Å². The van der Waals surface area contributed by atoms with E-state index in [2.05, 4.69) is 24.0 Å². The molecule has 2 aromatic heterocycles. The number of rotatable bonds is 1. The second-order valence-electron chi connectivity index (χ2n) is 5.19. The smallest absolute Gasteiger partial charge is 0.271 e. The van der Waals surface area contributed by atoms with E-state index in [-0.39, 0.29) is 11.9 Å². The van der Waals surface area contributed by atoms with Crippen LogP contribution < -0.4 is 0 Å². The molecule has 1 atom stereocenters. The zero-order valence-electron chi connectivity index (χ0n) is 11.1. The quantitative estimate of drug-likeness (QED) is 0.733. The van der Waals surface area contributed by atoms with Crippen LogP contribution in [-0.2, 0) is 6.54 Å². The summed E-state index contributed by atoms with van der Waals surface area (Å²) in [6, 6.07) is 11.9. The molecule has 0 radical (unpaired) electrons. The molecular weight excluding hydrogens is 252 g/mol. The second kappa shape index (κ2) is 4.00. The molecule has 100 valence electrons. The first-order chi connectivity index (χ1) is 9.74. The number of furan rings is 1. The standard InChI is InChI=1S/C16H14N2O2/c1-10-12-5-3-2-4-11(12)9-18(10)16(19)14-8-15-13(17-14)6-7-20-15/h2-8,10,17H,9H2,1H3. The molecule has 4 nitrogen and oxygen atoms in total. The highest BCUT2D eigenvalue weighted by Gasteiger charge is 2.31. The predicted octanol–water partition coefficient (Wildman–Crippen LogP) is 3.48. The van der Waals surface area contributed by atoms with Gasteiger partial charge in [-0.3, -0.25) is 4.79 Å². The van der Waals surface area contributed by atoms with E-state index in [9.17, 15) is 4.79 Å². The SMILES string of the molecule is CC1c2ccccc2CN1C(=O)c1cc2occc2[nH]1. The Morgan fingerprint density at radius 2 is 2.20 bits per heavy atom. The maximum absolute atomic E-state index is 12.6. The number of carbonyl (C=O) groups is 1. The van der Waals surface area contributed by atoms with Crippen LogP contribution in [0.5, 0.6) is 0 Å². The summed E-state index contributed by atoms with van der Waals surface area (Å²) >= 11 is 0. The van der Waals surface area contributed by atoms with E-state index in [0.717, 1.165) is 11.1 Å². The molecule has 0 fully saturated rings. The van der Waals surface area contributed by atoms with Gasteiger partial charge in [-0.25, -0.2) is 0 Å². The van der Waals surface area contributed by atoms with Crippen LogP contribution in [0.3, 0.4) is 0 Å². The number of aromatic nitrogens is 1. The average molecular weight is 266 g/mol. The van der Waals surface area contributed by atoms with E-state index in [1.54, 1.807) is 12.3 Å². The minimum atomic E-state index is 0.0140. The molecule has 1 unspecified atom stereocenters. The Morgan fingerprint density at radius 3 is 3.00 bits per heavy atom. The van der Waals surface area contributed by atoms with Crippen LogP contribution in [0.4, 0.5) is 0 Å². The van der Waals surface area contributed by atoms with E-state index >= 15 is 0 Å². The summed E-state index contributed by atoms with van der Waals surface area (Å²) in [6.07, 6.45) is 1.61. The van der Waals surface area contributed by atoms with Gasteiger partial charge in [-0.05, 0) is 18.1 Å². The number of hydrogen-bond donors (Lipinski definition) is 1. The lowest BCUT2D eigenvalue weighted by atomic mass is 10.1. The maximum atomic E-state index is 12.6. The lowest BCUT2D eigenvalue weighted by Gasteiger charge is -2.21. The van der Waals surface area contributed by atoms with Gasteiger partial charge in [0.2, 0.25) is 0 Å². The summed E-state index contributed by atoms with van der Waals surface area (Å²) in [5.74, 6) is 0.0140. The highest BCUT2D eigenvalue weighted by atomic mass is 16.3. The molecular formula is C16H14N2O2. The van der Waals surface area contributed by atoms with Crippen molar-refractivity contribution in [3.8, 4) is 0 Å². The zero-order valence-corrected chi connectivity index (χ0v) is 11.1. The third-order valence-electron chi connectivity index (χ3n) is 4.04. The summed E-state index contributed by atoms with van der Waals surface area (Å²) in [6.45, 7) is 2.73. The Bertz CT molecular complexity index is 771. The first-order valence-electron chi connectivity index (χ1n) is 6.69. The molecule has 0 saturated carbocycles. The van der Waals surface area contributed by atoms with Crippen molar-refractivity contribution in [3.05, 3.63) is 59.5 Å². The molecule has 4 heteroatoms. The van der Waals surface area contributed by atoms with Gasteiger partial charge in [0.15, 0.2) is 5.58 Å². The largest absolute Gasteiger partial charge is 0.463 e. The molecule has 0 spiro atoms. The van der Waals surface area contributed by atoms with Crippen molar-refractivity contribution < 1.29 is 9.21 Å². The molecule has 20 heavy (non-hydrogen) atoms.